The first-order valence-corrected chi connectivity index (χ1v) is 7.64. The summed E-state index contributed by atoms with van der Waals surface area (Å²) < 4.78 is 1.66. The monoisotopic (exact) mass is 292 g/mol. The van der Waals surface area contributed by atoms with Crippen LogP contribution < -0.4 is 0 Å². The van der Waals surface area contributed by atoms with Crippen molar-refractivity contribution in [3.8, 4) is 22.8 Å². The van der Waals surface area contributed by atoms with E-state index in [0.717, 1.165) is 40.9 Å². The summed E-state index contributed by atoms with van der Waals surface area (Å²) in [5.41, 5.74) is 4.82. The number of nitrogens with zero attached hydrogens (tertiary/aromatic N) is 2. The molecule has 0 aliphatic rings. The smallest absolute Gasteiger partial charge is 0.218 e. The summed E-state index contributed by atoms with van der Waals surface area (Å²) in [6.45, 7) is 4.14. The lowest BCUT2D eigenvalue weighted by Crippen LogP contribution is -1.98. The SMILES string of the molecule is CCCc1c(-c2ccccc2)nn(-c2ccccc2C)c1O. The molecule has 112 valence electrons. The summed E-state index contributed by atoms with van der Waals surface area (Å²) in [6.07, 6.45) is 1.77. The fourth-order valence-electron chi connectivity index (χ4n) is 2.72. The average Bonchev–Trinajstić information content (AvgIpc) is 2.86. The summed E-state index contributed by atoms with van der Waals surface area (Å²) in [6, 6.07) is 18.0. The maximum atomic E-state index is 10.7. The van der Waals surface area contributed by atoms with Gasteiger partial charge in [-0.2, -0.15) is 5.10 Å². The molecule has 2 aromatic carbocycles. The molecule has 0 aliphatic carbocycles. The summed E-state index contributed by atoms with van der Waals surface area (Å²) in [5, 5.41) is 15.4. The highest BCUT2D eigenvalue weighted by Crippen LogP contribution is 2.33. The van der Waals surface area contributed by atoms with Gasteiger partial charge in [-0.15, -0.1) is 0 Å². The van der Waals surface area contributed by atoms with Crippen LogP contribution in [0.4, 0.5) is 0 Å². The Morgan fingerprint density at radius 3 is 2.36 bits per heavy atom. The minimum Gasteiger partial charge on any atom is -0.493 e. The Kier molecular flexibility index (Phi) is 3.96. The molecule has 22 heavy (non-hydrogen) atoms. The lowest BCUT2D eigenvalue weighted by atomic mass is 10.0. The van der Waals surface area contributed by atoms with Crippen molar-refractivity contribution in [1.29, 1.82) is 0 Å². The van der Waals surface area contributed by atoms with Crippen LogP contribution in [0.15, 0.2) is 54.6 Å². The molecule has 1 aromatic heterocycles. The van der Waals surface area contributed by atoms with Gasteiger partial charge in [-0.1, -0.05) is 61.9 Å². The molecular weight excluding hydrogens is 272 g/mol. The van der Waals surface area contributed by atoms with Crippen molar-refractivity contribution in [2.75, 3.05) is 0 Å². The van der Waals surface area contributed by atoms with Gasteiger partial charge >= 0.3 is 0 Å². The van der Waals surface area contributed by atoms with E-state index in [1.807, 2.05) is 61.5 Å². The van der Waals surface area contributed by atoms with Crippen molar-refractivity contribution in [3.63, 3.8) is 0 Å². The van der Waals surface area contributed by atoms with Crippen LogP contribution in [0.5, 0.6) is 5.88 Å². The van der Waals surface area contributed by atoms with Crippen molar-refractivity contribution >= 4 is 0 Å². The molecule has 3 rings (SSSR count). The number of aromatic hydroxyl groups is 1. The Bertz CT molecular complexity index is 775. The van der Waals surface area contributed by atoms with Crippen molar-refractivity contribution < 1.29 is 5.11 Å². The van der Waals surface area contributed by atoms with Gasteiger partial charge in [0.1, 0.15) is 0 Å². The lowest BCUT2D eigenvalue weighted by Gasteiger charge is -2.06. The fourth-order valence-corrected chi connectivity index (χ4v) is 2.72. The average molecular weight is 292 g/mol. The molecule has 3 nitrogen and oxygen atoms in total. The van der Waals surface area contributed by atoms with E-state index >= 15 is 0 Å². The highest BCUT2D eigenvalue weighted by Gasteiger charge is 2.19. The van der Waals surface area contributed by atoms with E-state index in [4.69, 9.17) is 5.10 Å². The molecule has 1 heterocycles. The summed E-state index contributed by atoms with van der Waals surface area (Å²) >= 11 is 0. The molecule has 0 saturated heterocycles. The molecule has 0 atom stereocenters. The van der Waals surface area contributed by atoms with Crippen molar-refractivity contribution in [1.82, 2.24) is 9.78 Å². The molecule has 0 unspecified atom stereocenters. The predicted octanol–water partition coefficient (Wildman–Crippen LogP) is 4.51. The van der Waals surface area contributed by atoms with Crippen LogP contribution in [-0.2, 0) is 6.42 Å². The Morgan fingerprint density at radius 2 is 1.68 bits per heavy atom. The van der Waals surface area contributed by atoms with Crippen LogP contribution in [0.2, 0.25) is 0 Å². The normalized spacial score (nSPS) is 10.8. The third-order valence-electron chi connectivity index (χ3n) is 3.85. The van der Waals surface area contributed by atoms with E-state index in [0.29, 0.717) is 0 Å². The topological polar surface area (TPSA) is 38.0 Å². The number of aryl methyl sites for hydroxylation is 1. The van der Waals surface area contributed by atoms with Crippen LogP contribution in [0.25, 0.3) is 16.9 Å². The number of hydrogen-bond donors (Lipinski definition) is 1. The highest BCUT2D eigenvalue weighted by atomic mass is 16.3. The fraction of sp³-hybridized carbons (Fsp3) is 0.211. The molecule has 3 aromatic rings. The Hall–Kier alpha value is -2.55. The molecule has 0 fully saturated rings. The van der Waals surface area contributed by atoms with Gasteiger partial charge in [0.2, 0.25) is 5.88 Å². The van der Waals surface area contributed by atoms with E-state index in [1.165, 1.54) is 0 Å². The lowest BCUT2D eigenvalue weighted by molar-refractivity contribution is 0.427. The van der Waals surface area contributed by atoms with E-state index < -0.39 is 0 Å². The summed E-state index contributed by atoms with van der Waals surface area (Å²) in [7, 11) is 0. The second kappa shape index (κ2) is 6.06. The van der Waals surface area contributed by atoms with Gasteiger partial charge in [-0.05, 0) is 25.0 Å². The van der Waals surface area contributed by atoms with Crippen LogP contribution >= 0.6 is 0 Å². The van der Waals surface area contributed by atoms with Crippen molar-refractivity contribution in [3.05, 3.63) is 65.7 Å². The maximum absolute atomic E-state index is 10.7. The molecule has 3 heteroatoms. The van der Waals surface area contributed by atoms with E-state index in [9.17, 15) is 5.11 Å². The Morgan fingerprint density at radius 1 is 1.00 bits per heavy atom. The first kappa shape index (κ1) is 14.4. The van der Waals surface area contributed by atoms with E-state index in [2.05, 4.69) is 6.92 Å². The third kappa shape index (κ3) is 2.50. The van der Waals surface area contributed by atoms with Gasteiger partial charge in [0, 0.05) is 11.1 Å². The maximum Gasteiger partial charge on any atom is 0.218 e. The molecular formula is C19H20N2O. The van der Waals surface area contributed by atoms with Crippen LogP contribution in [0.1, 0.15) is 24.5 Å². The quantitative estimate of drug-likeness (QED) is 0.768. The van der Waals surface area contributed by atoms with Gasteiger partial charge in [-0.25, -0.2) is 4.68 Å². The second-order valence-electron chi connectivity index (χ2n) is 5.47. The minimum atomic E-state index is 0.245. The number of benzene rings is 2. The molecule has 0 saturated carbocycles. The van der Waals surface area contributed by atoms with Gasteiger partial charge in [0.05, 0.1) is 11.4 Å². The number of rotatable bonds is 4. The number of para-hydroxylation sites is 1. The molecule has 0 bridgehead atoms. The zero-order valence-electron chi connectivity index (χ0n) is 13.0. The van der Waals surface area contributed by atoms with Crippen LogP contribution in [0.3, 0.4) is 0 Å². The molecule has 0 spiro atoms. The Labute approximate surface area is 130 Å². The third-order valence-corrected chi connectivity index (χ3v) is 3.85. The summed E-state index contributed by atoms with van der Waals surface area (Å²) in [4.78, 5) is 0. The molecule has 0 amide bonds. The van der Waals surface area contributed by atoms with Gasteiger partial charge in [0.25, 0.3) is 0 Å². The standard InChI is InChI=1S/C19H20N2O/c1-3-9-16-18(15-11-5-4-6-12-15)20-21(19(16)22)17-13-8-7-10-14(17)2/h4-8,10-13,22H,3,9H2,1-2H3. The number of hydrogen-bond acceptors (Lipinski definition) is 2. The zero-order valence-corrected chi connectivity index (χ0v) is 13.0. The van der Waals surface area contributed by atoms with Gasteiger partial charge in [-0.3, -0.25) is 0 Å². The van der Waals surface area contributed by atoms with Gasteiger partial charge < -0.3 is 5.11 Å². The second-order valence-corrected chi connectivity index (χ2v) is 5.47. The van der Waals surface area contributed by atoms with E-state index in [-0.39, 0.29) is 5.88 Å². The molecule has 0 radical (unpaired) electrons. The van der Waals surface area contributed by atoms with Crippen LogP contribution in [-0.4, -0.2) is 14.9 Å². The molecule has 0 aliphatic heterocycles. The summed E-state index contributed by atoms with van der Waals surface area (Å²) in [5.74, 6) is 0.245. The highest BCUT2D eigenvalue weighted by molar-refractivity contribution is 5.66. The van der Waals surface area contributed by atoms with Gasteiger partial charge in [0.15, 0.2) is 0 Å². The number of aromatic nitrogens is 2. The molecule has 1 N–H and O–H groups in total. The first-order chi connectivity index (χ1) is 10.7. The zero-order chi connectivity index (χ0) is 15.5. The minimum absolute atomic E-state index is 0.245. The first-order valence-electron chi connectivity index (χ1n) is 7.64. The Balaban J connectivity index is 2.20. The largest absolute Gasteiger partial charge is 0.493 e. The van der Waals surface area contributed by atoms with Crippen LogP contribution in [0, 0.1) is 6.92 Å². The van der Waals surface area contributed by atoms with Crippen molar-refractivity contribution in [2.45, 2.75) is 26.7 Å². The predicted molar refractivity (Wildman–Crippen MR) is 89.4 cm³/mol. The van der Waals surface area contributed by atoms with Crippen molar-refractivity contribution in [2.24, 2.45) is 0 Å². The van der Waals surface area contributed by atoms with E-state index in [1.54, 1.807) is 4.68 Å².